The van der Waals surface area contributed by atoms with Gasteiger partial charge in [0, 0.05) is 25.6 Å². The number of rotatable bonds is 4. The Bertz CT molecular complexity index is 290. The highest BCUT2D eigenvalue weighted by Crippen LogP contribution is 2.47. The van der Waals surface area contributed by atoms with Crippen LogP contribution in [0.4, 0.5) is 0 Å². The van der Waals surface area contributed by atoms with E-state index in [4.69, 9.17) is 9.84 Å². The summed E-state index contributed by atoms with van der Waals surface area (Å²) in [6.45, 7) is 4.39. The van der Waals surface area contributed by atoms with Gasteiger partial charge in [0.25, 0.3) is 0 Å². The number of hydrogen-bond donors (Lipinski definition) is 1. The van der Waals surface area contributed by atoms with Crippen molar-refractivity contribution in [2.45, 2.75) is 38.6 Å². The Balaban J connectivity index is 2.10. The maximum Gasteiger partial charge on any atom is 0.320 e. The molecule has 0 radical (unpaired) electrons. The second-order valence-electron chi connectivity index (χ2n) is 5.68. The molecule has 0 aromatic carbocycles. The van der Waals surface area contributed by atoms with Gasteiger partial charge in [-0.1, -0.05) is 12.8 Å². The Kier molecular flexibility index (Phi) is 3.73. The first-order valence-electron chi connectivity index (χ1n) is 6.55. The molecule has 0 amide bonds. The third kappa shape index (κ3) is 2.33. The molecular weight excluding hydrogens is 218 g/mol. The molecule has 0 spiro atoms. The van der Waals surface area contributed by atoms with Crippen LogP contribution >= 0.6 is 0 Å². The minimum absolute atomic E-state index is 0.219. The minimum Gasteiger partial charge on any atom is -0.480 e. The van der Waals surface area contributed by atoms with Gasteiger partial charge in [-0.25, -0.2) is 0 Å². The number of carboxylic acids is 1. The van der Waals surface area contributed by atoms with Crippen LogP contribution in [0.2, 0.25) is 0 Å². The Morgan fingerprint density at radius 3 is 3.00 bits per heavy atom. The summed E-state index contributed by atoms with van der Waals surface area (Å²) in [4.78, 5) is 13.2. The lowest BCUT2D eigenvalue weighted by Crippen LogP contribution is -2.40. The fourth-order valence-electron chi connectivity index (χ4n) is 3.60. The highest BCUT2D eigenvalue weighted by atomic mass is 16.5. The zero-order chi connectivity index (χ0) is 12.5. The molecule has 2 aliphatic rings. The fraction of sp³-hybridized carbons (Fsp3) is 0.923. The van der Waals surface area contributed by atoms with Crippen LogP contribution in [0.1, 0.15) is 32.6 Å². The summed E-state index contributed by atoms with van der Waals surface area (Å²) >= 11 is 0. The van der Waals surface area contributed by atoms with E-state index in [2.05, 4.69) is 4.90 Å². The smallest absolute Gasteiger partial charge is 0.320 e. The van der Waals surface area contributed by atoms with Crippen LogP contribution in [-0.2, 0) is 9.53 Å². The predicted molar refractivity (Wildman–Crippen MR) is 64.9 cm³/mol. The van der Waals surface area contributed by atoms with Crippen LogP contribution in [0.3, 0.4) is 0 Å². The maximum atomic E-state index is 11.1. The lowest BCUT2D eigenvalue weighted by molar-refractivity contribution is -0.142. The number of ether oxygens (including phenoxy) is 1. The van der Waals surface area contributed by atoms with Crippen LogP contribution in [0, 0.1) is 11.3 Å². The average molecular weight is 241 g/mol. The van der Waals surface area contributed by atoms with Gasteiger partial charge in [0.1, 0.15) is 6.04 Å². The summed E-state index contributed by atoms with van der Waals surface area (Å²) < 4.78 is 5.40. The monoisotopic (exact) mass is 241 g/mol. The number of hydrogen-bond acceptors (Lipinski definition) is 3. The van der Waals surface area contributed by atoms with Crippen LogP contribution in [-0.4, -0.2) is 48.8 Å². The van der Waals surface area contributed by atoms with Crippen molar-refractivity contribution in [3.05, 3.63) is 0 Å². The van der Waals surface area contributed by atoms with Gasteiger partial charge in [0.05, 0.1) is 6.61 Å². The summed E-state index contributed by atoms with van der Waals surface area (Å²) in [5, 5.41) is 9.12. The zero-order valence-electron chi connectivity index (χ0n) is 10.8. The first kappa shape index (κ1) is 12.8. The Morgan fingerprint density at radius 2 is 2.35 bits per heavy atom. The van der Waals surface area contributed by atoms with Crippen molar-refractivity contribution in [3.8, 4) is 0 Å². The van der Waals surface area contributed by atoms with Crippen LogP contribution in [0.25, 0.3) is 0 Å². The second kappa shape index (κ2) is 4.94. The normalized spacial score (nSPS) is 35.5. The summed E-state index contributed by atoms with van der Waals surface area (Å²) in [6.07, 6.45) is 4.96. The minimum atomic E-state index is -0.712. The molecule has 3 atom stereocenters. The number of carboxylic acid groups (broad SMARTS) is 1. The van der Waals surface area contributed by atoms with Crippen LogP contribution < -0.4 is 0 Å². The summed E-state index contributed by atoms with van der Waals surface area (Å²) in [5.41, 5.74) is 0.219. The number of carbonyl (C=O) groups is 1. The highest BCUT2D eigenvalue weighted by molar-refractivity contribution is 5.72. The number of likely N-dealkylation sites (tertiary alicyclic amines) is 1. The molecule has 1 heterocycles. The second-order valence-corrected chi connectivity index (χ2v) is 5.68. The number of aliphatic carboxylic acids is 1. The van der Waals surface area contributed by atoms with Crippen molar-refractivity contribution in [2.75, 3.05) is 26.8 Å². The molecule has 0 aromatic heterocycles. The average Bonchev–Trinajstić information content (AvgIpc) is 2.67. The molecule has 1 saturated carbocycles. The molecule has 1 aliphatic heterocycles. The van der Waals surface area contributed by atoms with Crippen molar-refractivity contribution in [2.24, 2.45) is 11.3 Å². The SMILES string of the molecule is COC[C@]12CCCC[C@H]1CN([C@@H](C)C(=O)O)C2. The van der Waals surface area contributed by atoms with Crippen molar-refractivity contribution >= 4 is 5.97 Å². The van der Waals surface area contributed by atoms with E-state index in [9.17, 15) is 4.79 Å². The lowest BCUT2D eigenvalue weighted by Gasteiger charge is -2.38. The van der Waals surface area contributed by atoms with Gasteiger partial charge >= 0.3 is 5.97 Å². The van der Waals surface area contributed by atoms with Crippen molar-refractivity contribution < 1.29 is 14.6 Å². The largest absolute Gasteiger partial charge is 0.480 e. The van der Waals surface area contributed by atoms with E-state index in [1.54, 1.807) is 14.0 Å². The molecule has 1 saturated heterocycles. The van der Waals surface area contributed by atoms with Crippen molar-refractivity contribution in [3.63, 3.8) is 0 Å². The Labute approximate surface area is 103 Å². The van der Waals surface area contributed by atoms with Gasteiger partial charge < -0.3 is 9.84 Å². The number of methoxy groups -OCH3 is 1. The molecule has 2 rings (SSSR count). The molecule has 0 aromatic rings. The number of nitrogens with zero attached hydrogens (tertiary/aromatic N) is 1. The fourth-order valence-corrected chi connectivity index (χ4v) is 3.60. The quantitative estimate of drug-likeness (QED) is 0.812. The first-order valence-corrected chi connectivity index (χ1v) is 6.55. The molecule has 0 unspecified atom stereocenters. The standard InChI is InChI=1S/C13H23NO3/c1-10(12(15)16)14-7-11-5-3-4-6-13(11,8-14)9-17-2/h10-11H,3-9H2,1-2H3,(H,15,16)/t10-,11-,13+/m0/s1. The Morgan fingerprint density at radius 1 is 1.59 bits per heavy atom. The summed E-state index contributed by atoms with van der Waals surface area (Å²) in [6, 6.07) is -0.366. The predicted octanol–water partition coefficient (Wildman–Crippen LogP) is 1.60. The van der Waals surface area contributed by atoms with E-state index in [1.807, 2.05) is 0 Å². The third-order valence-corrected chi connectivity index (χ3v) is 4.65. The van der Waals surface area contributed by atoms with Gasteiger partial charge in [-0.3, -0.25) is 9.69 Å². The van der Waals surface area contributed by atoms with Crippen molar-refractivity contribution in [1.82, 2.24) is 4.90 Å². The topological polar surface area (TPSA) is 49.8 Å². The van der Waals surface area contributed by atoms with E-state index in [0.717, 1.165) is 19.7 Å². The zero-order valence-corrected chi connectivity index (χ0v) is 10.8. The molecule has 4 nitrogen and oxygen atoms in total. The molecule has 1 N–H and O–H groups in total. The van der Waals surface area contributed by atoms with E-state index in [1.165, 1.54) is 25.7 Å². The molecular formula is C13H23NO3. The van der Waals surface area contributed by atoms with Crippen molar-refractivity contribution in [1.29, 1.82) is 0 Å². The summed E-state index contributed by atoms with van der Waals surface area (Å²) in [5.74, 6) is -0.0887. The molecule has 17 heavy (non-hydrogen) atoms. The molecule has 1 aliphatic carbocycles. The van der Waals surface area contributed by atoms with E-state index in [0.29, 0.717) is 5.92 Å². The highest BCUT2D eigenvalue weighted by Gasteiger charge is 2.49. The van der Waals surface area contributed by atoms with Gasteiger partial charge in [-0.15, -0.1) is 0 Å². The lowest BCUT2D eigenvalue weighted by atomic mass is 9.69. The van der Waals surface area contributed by atoms with Crippen LogP contribution in [0.5, 0.6) is 0 Å². The molecule has 2 fully saturated rings. The van der Waals surface area contributed by atoms with E-state index in [-0.39, 0.29) is 11.5 Å². The van der Waals surface area contributed by atoms with E-state index >= 15 is 0 Å². The molecule has 0 bridgehead atoms. The maximum absolute atomic E-state index is 11.1. The van der Waals surface area contributed by atoms with Gasteiger partial charge in [0.15, 0.2) is 0 Å². The summed E-state index contributed by atoms with van der Waals surface area (Å²) in [7, 11) is 1.75. The van der Waals surface area contributed by atoms with Gasteiger partial charge in [-0.2, -0.15) is 0 Å². The Hall–Kier alpha value is -0.610. The number of fused-ring (bicyclic) bond motifs is 1. The third-order valence-electron chi connectivity index (χ3n) is 4.65. The van der Waals surface area contributed by atoms with Crippen LogP contribution in [0.15, 0.2) is 0 Å². The van der Waals surface area contributed by atoms with Gasteiger partial charge in [0.2, 0.25) is 0 Å². The first-order chi connectivity index (χ1) is 8.09. The van der Waals surface area contributed by atoms with E-state index < -0.39 is 5.97 Å². The molecule has 98 valence electrons. The van der Waals surface area contributed by atoms with Gasteiger partial charge in [-0.05, 0) is 25.7 Å². The molecule has 4 heteroatoms.